The predicted molar refractivity (Wildman–Crippen MR) is 115 cm³/mol. The molecule has 0 aromatic rings. The van der Waals surface area contributed by atoms with Crippen molar-refractivity contribution >= 4 is 29.9 Å². The molecular weight excluding hydrogens is 429 g/mol. The smallest absolute Gasteiger partial charge is 0.191 e. The summed E-state index contributed by atoms with van der Waals surface area (Å²) in [5.41, 5.74) is 0. The molecule has 1 aliphatic carbocycles. The number of hydrogen-bond donors (Lipinski definition) is 2. The summed E-state index contributed by atoms with van der Waals surface area (Å²) in [6.07, 6.45) is 7.29. The van der Waals surface area contributed by atoms with Crippen molar-refractivity contribution in [1.82, 2.24) is 10.6 Å². The van der Waals surface area contributed by atoms with Gasteiger partial charge < -0.3 is 20.1 Å². The Morgan fingerprint density at radius 3 is 2.44 bits per heavy atom. The minimum Gasteiger partial charge on any atom is -0.381 e. The molecule has 2 unspecified atom stereocenters. The highest BCUT2D eigenvalue weighted by atomic mass is 127. The van der Waals surface area contributed by atoms with E-state index < -0.39 is 0 Å². The first kappa shape index (κ1) is 23.0. The third-order valence-electron chi connectivity index (χ3n) is 4.96. The molecule has 2 atom stereocenters. The van der Waals surface area contributed by atoms with Crippen molar-refractivity contribution < 1.29 is 9.47 Å². The first-order chi connectivity index (χ1) is 11.7. The minimum atomic E-state index is 0. The fourth-order valence-electron chi connectivity index (χ4n) is 3.93. The zero-order valence-corrected chi connectivity index (χ0v) is 18.6. The highest BCUT2D eigenvalue weighted by Gasteiger charge is 2.24. The molecule has 0 bridgehead atoms. The van der Waals surface area contributed by atoms with Crippen LogP contribution < -0.4 is 10.6 Å². The van der Waals surface area contributed by atoms with Gasteiger partial charge in [0.15, 0.2) is 5.96 Å². The zero-order valence-electron chi connectivity index (χ0n) is 16.3. The average Bonchev–Trinajstić information content (AvgIpc) is 2.54. The number of halogens is 1. The maximum Gasteiger partial charge on any atom is 0.191 e. The van der Waals surface area contributed by atoms with Gasteiger partial charge in [-0.15, -0.1) is 24.0 Å². The van der Waals surface area contributed by atoms with Crippen LogP contribution in [0.15, 0.2) is 4.99 Å². The molecule has 25 heavy (non-hydrogen) atoms. The molecular formula is C19H38IN3O2. The summed E-state index contributed by atoms with van der Waals surface area (Å²) in [6.45, 7) is 11.1. The largest absolute Gasteiger partial charge is 0.381 e. The zero-order chi connectivity index (χ0) is 17.2. The fraction of sp³-hybridized carbons (Fsp3) is 0.947. The SMILES string of the molecule is CCNC(=NCCCOC1CCOCC1)NC1CC(C)CC(C)C1.I. The number of nitrogens with one attached hydrogen (secondary N) is 2. The van der Waals surface area contributed by atoms with Crippen LogP contribution in [0.3, 0.4) is 0 Å². The van der Waals surface area contributed by atoms with E-state index in [-0.39, 0.29) is 24.0 Å². The van der Waals surface area contributed by atoms with Crippen LogP contribution in [0.5, 0.6) is 0 Å². The van der Waals surface area contributed by atoms with Crippen molar-refractivity contribution in [1.29, 1.82) is 0 Å². The Morgan fingerprint density at radius 2 is 1.80 bits per heavy atom. The van der Waals surface area contributed by atoms with Gasteiger partial charge in [-0.3, -0.25) is 4.99 Å². The lowest BCUT2D eigenvalue weighted by molar-refractivity contribution is -0.0318. The number of hydrogen-bond acceptors (Lipinski definition) is 3. The van der Waals surface area contributed by atoms with Crippen LogP contribution in [0, 0.1) is 11.8 Å². The van der Waals surface area contributed by atoms with Crippen molar-refractivity contribution in [3.05, 3.63) is 0 Å². The van der Waals surface area contributed by atoms with Gasteiger partial charge in [0.2, 0.25) is 0 Å². The van der Waals surface area contributed by atoms with Crippen LogP contribution in [-0.2, 0) is 9.47 Å². The molecule has 2 aliphatic rings. The third kappa shape index (κ3) is 9.43. The fourth-order valence-corrected chi connectivity index (χ4v) is 3.93. The monoisotopic (exact) mass is 467 g/mol. The maximum atomic E-state index is 5.91. The van der Waals surface area contributed by atoms with Gasteiger partial charge in [-0.2, -0.15) is 0 Å². The second-order valence-corrected chi connectivity index (χ2v) is 7.56. The minimum absolute atomic E-state index is 0. The molecule has 0 radical (unpaired) electrons. The van der Waals surface area contributed by atoms with Gasteiger partial charge in [0.05, 0.1) is 6.10 Å². The Bertz CT molecular complexity index is 366. The molecule has 6 heteroatoms. The highest BCUT2D eigenvalue weighted by molar-refractivity contribution is 14.0. The lowest BCUT2D eigenvalue weighted by Crippen LogP contribution is -2.46. The summed E-state index contributed by atoms with van der Waals surface area (Å²) in [5.74, 6) is 2.58. The number of ether oxygens (including phenoxy) is 2. The van der Waals surface area contributed by atoms with E-state index in [0.717, 1.165) is 70.0 Å². The molecule has 2 fully saturated rings. The molecule has 0 spiro atoms. The molecule has 1 aliphatic heterocycles. The van der Waals surface area contributed by atoms with Gasteiger partial charge in [0, 0.05) is 39.0 Å². The maximum absolute atomic E-state index is 5.91. The first-order valence-corrected chi connectivity index (χ1v) is 9.91. The standard InChI is InChI=1S/C19H37N3O2.HI/c1-4-20-19(22-17-13-15(2)12-16(3)14-17)21-8-5-9-24-18-6-10-23-11-7-18;/h15-18H,4-14H2,1-3H3,(H2,20,21,22);1H. The molecule has 2 N–H and O–H groups in total. The normalized spacial score (nSPS) is 28.3. The molecule has 0 aromatic heterocycles. The molecule has 148 valence electrons. The van der Waals surface area contributed by atoms with Gasteiger partial charge in [-0.25, -0.2) is 0 Å². The lowest BCUT2D eigenvalue weighted by atomic mass is 9.80. The summed E-state index contributed by atoms with van der Waals surface area (Å²) in [6, 6.07) is 0.556. The summed E-state index contributed by atoms with van der Waals surface area (Å²) in [4.78, 5) is 4.73. The van der Waals surface area contributed by atoms with E-state index in [0.29, 0.717) is 12.1 Å². The Morgan fingerprint density at radius 1 is 1.12 bits per heavy atom. The van der Waals surface area contributed by atoms with Gasteiger partial charge in [-0.05, 0) is 57.3 Å². The Kier molecular flexibility index (Phi) is 12.1. The molecule has 1 saturated heterocycles. The second kappa shape index (κ2) is 13.1. The summed E-state index contributed by atoms with van der Waals surface area (Å²) < 4.78 is 11.3. The van der Waals surface area contributed by atoms with E-state index in [1.807, 2.05) is 0 Å². The van der Waals surface area contributed by atoms with Crippen LogP contribution in [0.25, 0.3) is 0 Å². The van der Waals surface area contributed by atoms with Gasteiger partial charge >= 0.3 is 0 Å². The topological polar surface area (TPSA) is 54.9 Å². The Labute approximate surface area is 171 Å². The predicted octanol–water partition coefficient (Wildman–Crippen LogP) is 3.57. The lowest BCUT2D eigenvalue weighted by Gasteiger charge is -2.32. The van der Waals surface area contributed by atoms with Crippen molar-refractivity contribution in [2.45, 2.75) is 71.4 Å². The number of nitrogens with zero attached hydrogens (tertiary/aromatic N) is 1. The molecule has 1 saturated carbocycles. The van der Waals surface area contributed by atoms with Gasteiger partial charge in [0.1, 0.15) is 0 Å². The van der Waals surface area contributed by atoms with Crippen molar-refractivity contribution in [3.8, 4) is 0 Å². The van der Waals surface area contributed by atoms with Crippen molar-refractivity contribution in [3.63, 3.8) is 0 Å². The third-order valence-corrected chi connectivity index (χ3v) is 4.96. The van der Waals surface area contributed by atoms with Gasteiger partial charge in [-0.1, -0.05) is 13.8 Å². The number of rotatable bonds is 7. The van der Waals surface area contributed by atoms with Crippen LogP contribution in [0.2, 0.25) is 0 Å². The second-order valence-electron chi connectivity index (χ2n) is 7.56. The summed E-state index contributed by atoms with van der Waals surface area (Å²) in [5, 5.41) is 7.02. The quantitative estimate of drug-likeness (QED) is 0.260. The van der Waals surface area contributed by atoms with E-state index in [9.17, 15) is 0 Å². The van der Waals surface area contributed by atoms with Crippen molar-refractivity contribution in [2.75, 3.05) is 32.9 Å². The number of aliphatic imine (C=N–C) groups is 1. The molecule has 2 rings (SSSR count). The van der Waals surface area contributed by atoms with Crippen molar-refractivity contribution in [2.24, 2.45) is 16.8 Å². The van der Waals surface area contributed by atoms with Crippen LogP contribution in [0.4, 0.5) is 0 Å². The summed E-state index contributed by atoms with van der Waals surface area (Å²) >= 11 is 0. The molecule has 1 heterocycles. The van der Waals surface area contributed by atoms with E-state index >= 15 is 0 Å². The van der Waals surface area contributed by atoms with E-state index in [1.54, 1.807) is 0 Å². The van der Waals surface area contributed by atoms with E-state index in [2.05, 4.69) is 31.4 Å². The van der Waals surface area contributed by atoms with E-state index in [4.69, 9.17) is 14.5 Å². The van der Waals surface area contributed by atoms with Gasteiger partial charge in [0.25, 0.3) is 0 Å². The van der Waals surface area contributed by atoms with Crippen LogP contribution >= 0.6 is 24.0 Å². The Hall–Kier alpha value is -0.0800. The van der Waals surface area contributed by atoms with E-state index in [1.165, 1.54) is 19.3 Å². The average molecular weight is 467 g/mol. The molecule has 5 nitrogen and oxygen atoms in total. The number of guanidine groups is 1. The van der Waals surface area contributed by atoms with Crippen LogP contribution in [0.1, 0.15) is 59.3 Å². The molecule has 0 aromatic carbocycles. The molecule has 0 amide bonds. The van der Waals surface area contributed by atoms with Crippen LogP contribution in [-0.4, -0.2) is 51.0 Å². The first-order valence-electron chi connectivity index (χ1n) is 9.91. The Balaban J connectivity index is 0.00000312. The highest BCUT2D eigenvalue weighted by Crippen LogP contribution is 2.28. The summed E-state index contributed by atoms with van der Waals surface area (Å²) in [7, 11) is 0.